The van der Waals surface area contributed by atoms with E-state index in [2.05, 4.69) is 21.2 Å². The van der Waals surface area contributed by atoms with E-state index in [1.807, 2.05) is 0 Å². The Bertz CT molecular complexity index is 649. The summed E-state index contributed by atoms with van der Waals surface area (Å²) in [6, 6.07) is 8.23. The van der Waals surface area contributed by atoms with Gasteiger partial charge in [0.2, 0.25) is 0 Å². The highest BCUT2D eigenvalue weighted by molar-refractivity contribution is 9.10. The van der Waals surface area contributed by atoms with Crippen LogP contribution in [-0.4, -0.2) is 11.0 Å². The molecule has 0 atom stereocenters. The second kappa shape index (κ2) is 5.59. The summed E-state index contributed by atoms with van der Waals surface area (Å²) < 4.78 is 14.1. The van der Waals surface area contributed by atoms with E-state index in [1.54, 1.807) is 6.07 Å². The van der Waals surface area contributed by atoms with Gasteiger partial charge in [-0.05, 0) is 36.4 Å². The fraction of sp³-hybridized carbons (Fsp3) is 0. The van der Waals surface area contributed by atoms with Gasteiger partial charge in [-0.15, -0.1) is 0 Å². The van der Waals surface area contributed by atoms with Crippen molar-refractivity contribution in [3.05, 3.63) is 57.3 Å². The number of amides is 1. The number of rotatable bonds is 2. The zero-order chi connectivity index (χ0) is 14.0. The van der Waals surface area contributed by atoms with Gasteiger partial charge < -0.3 is 10.4 Å². The minimum Gasteiger partial charge on any atom is -0.508 e. The van der Waals surface area contributed by atoms with E-state index >= 15 is 0 Å². The summed E-state index contributed by atoms with van der Waals surface area (Å²) in [6.07, 6.45) is 0. The van der Waals surface area contributed by atoms with Crippen molar-refractivity contribution in [1.82, 2.24) is 0 Å². The van der Waals surface area contributed by atoms with Crippen LogP contribution in [0.1, 0.15) is 10.4 Å². The first-order valence-corrected chi connectivity index (χ1v) is 6.39. The molecular formula is C13H8BrClFNO2. The molecule has 3 nitrogen and oxygen atoms in total. The van der Waals surface area contributed by atoms with Crippen LogP contribution in [0.2, 0.25) is 5.02 Å². The first-order valence-electron chi connectivity index (χ1n) is 5.22. The number of carbonyl (C=O) groups excluding carboxylic acids is 1. The van der Waals surface area contributed by atoms with E-state index in [0.717, 1.165) is 0 Å². The van der Waals surface area contributed by atoms with Gasteiger partial charge in [-0.25, -0.2) is 4.39 Å². The number of anilines is 1. The van der Waals surface area contributed by atoms with E-state index in [-0.39, 0.29) is 22.0 Å². The van der Waals surface area contributed by atoms with Crippen molar-refractivity contribution < 1.29 is 14.3 Å². The second-order valence-corrected chi connectivity index (χ2v) is 5.07. The molecule has 0 saturated carbocycles. The van der Waals surface area contributed by atoms with Crippen molar-refractivity contribution >= 4 is 39.1 Å². The molecule has 0 unspecified atom stereocenters. The fourth-order valence-corrected chi connectivity index (χ4v) is 2.00. The summed E-state index contributed by atoms with van der Waals surface area (Å²) in [7, 11) is 0. The summed E-state index contributed by atoms with van der Waals surface area (Å²) in [5.41, 5.74) is 0.108. The number of phenolic OH excluding ortho intramolecular Hbond substituents is 1. The SMILES string of the molecule is O=C(Nc1ccc(Br)cc1F)c1cc(O)ccc1Cl. The third-order valence-electron chi connectivity index (χ3n) is 2.37. The number of hydrogen-bond donors (Lipinski definition) is 2. The van der Waals surface area contributed by atoms with Crippen LogP contribution < -0.4 is 5.32 Å². The normalized spacial score (nSPS) is 10.3. The summed E-state index contributed by atoms with van der Waals surface area (Å²) in [4.78, 5) is 11.9. The number of benzene rings is 2. The molecule has 0 aliphatic carbocycles. The lowest BCUT2D eigenvalue weighted by molar-refractivity contribution is 0.102. The number of halogens is 3. The standard InChI is InChI=1S/C13H8BrClFNO2/c14-7-1-4-12(11(16)5-7)17-13(19)9-6-8(18)2-3-10(9)15/h1-6,18H,(H,17,19). The average Bonchev–Trinajstić information content (AvgIpc) is 2.35. The maximum absolute atomic E-state index is 13.6. The zero-order valence-corrected chi connectivity index (χ0v) is 11.8. The van der Waals surface area contributed by atoms with Gasteiger partial charge in [-0.3, -0.25) is 4.79 Å². The van der Waals surface area contributed by atoms with Crippen molar-refractivity contribution in [1.29, 1.82) is 0 Å². The van der Waals surface area contributed by atoms with Crippen LogP contribution in [0.15, 0.2) is 40.9 Å². The van der Waals surface area contributed by atoms with E-state index in [9.17, 15) is 14.3 Å². The Morgan fingerprint density at radius 3 is 2.68 bits per heavy atom. The number of carbonyl (C=O) groups is 1. The predicted octanol–water partition coefficient (Wildman–Crippen LogP) is 4.20. The van der Waals surface area contributed by atoms with Crippen LogP contribution in [-0.2, 0) is 0 Å². The van der Waals surface area contributed by atoms with E-state index in [1.165, 1.54) is 30.3 Å². The molecule has 98 valence electrons. The molecule has 0 aliphatic rings. The molecule has 0 spiro atoms. The number of nitrogens with one attached hydrogen (secondary N) is 1. The number of aromatic hydroxyl groups is 1. The third kappa shape index (κ3) is 3.24. The highest BCUT2D eigenvalue weighted by atomic mass is 79.9. The smallest absolute Gasteiger partial charge is 0.257 e. The zero-order valence-electron chi connectivity index (χ0n) is 9.45. The summed E-state index contributed by atoms with van der Waals surface area (Å²) in [5, 5.41) is 11.9. The van der Waals surface area contributed by atoms with Crippen LogP contribution in [0.5, 0.6) is 5.75 Å². The largest absolute Gasteiger partial charge is 0.508 e. The number of hydrogen-bond acceptors (Lipinski definition) is 2. The highest BCUT2D eigenvalue weighted by Gasteiger charge is 2.13. The van der Waals surface area contributed by atoms with Crippen LogP contribution in [0.25, 0.3) is 0 Å². The van der Waals surface area contributed by atoms with Crippen LogP contribution in [0, 0.1) is 5.82 Å². The van der Waals surface area contributed by atoms with Gasteiger partial charge in [-0.2, -0.15) is 0 Å². The predicted molar refractivity (Wildman–Crippen MR) is 75.2 cm³/mol. The van der Waals surface area contributed by atoms with Crippen molar-refractivity contribution in [3.8, 4) is 5.75 Å². The van der Waals surface area contributed by atoms with Gasteiger partial charge >= 0.3 is 0 Å². The van der Waals surface area contributed by atoms with Crippen LogP contribution in [0.4, 0.5) is 10.1 Å². The van der Waals surface area contributed by atoms with Crippen molar-refractivity contribution in [3.63, 3.8) is 0 Å². The lowest BCUT2D eigenvalue weighted by Crippen LogP contribution is -2.13. The molecule has 6 heteroatoms. The quantitative estimate of drug-likeness (QED) is 0.858. The molecule has 2 rings (SSSR count). The third-order valence-corrected chi connectivity index (χ3v) is 3.20. The molecule has 0 aromatic heterocycles. The monoisotopic (exact) mass is 343 g/mol. The molecule has 1 amide bonds. The van der Waals surface area contributed by atoms with Gasteiger partial charge in [0.15, 0.2) is 0 Å². The van der Waals surface area contributed by atoms with Gasteiger partial charge in [0.05, 0.1) is 16.3 Å². The minimum absolute atomic E-state index is 0.0348. The molecule has 0 heterocycles. The van der Waals surface area contributed by atoms with Crippen LogP contribution >= 0.6 is 27.5 Å². The van der Waals surface area contributed by atoms with Crippen molar-refractivity contribution in [2.24, 2.45) is 0 Å². The topological polar surface area (TPSA) is 49.3 Å². The Labute approximate surface area is 122 Å². The van der Waals surface area contributed by atoms with Gasteiger partial charge in [0, 0.05) is 4.47 Å². The molecule has 0 saturated heterocycles. The molecule has 19 heavy (non-hydrogen) atoms. The molecule has 2 N–H and O–H groups in total. The Balaban J connectivity index is 2.28. The second-order valence-electron chi connectivity index (χ2n) is 3.74. The molecular weight excluding hydrogens is 337 g/mol. The van der Waals surface area contributed by atoms with Gasteiger partial charge in [0.25, 0.3) is 5.91 Å². The Morgan fingerprint density at radius 1 is 1.26 bits per heavy atom. The number of phenols is 1. The maximum Gasteiger partial charge on any atom is 0.257 e. The Hall–Kier alpha value is -1.59. The maximum atomic E-state index is 13.6. The molecule has 0 bridgehead atoms. The van der Waals surface area contributed by atoms with E-state index in [4.69, 9.17) is 11.6 Å². The van der Waals surface area contributed by atoms with E-state index in [0.29, 0.717) is 4.47 Å². The molecule has 0 radical (unpaired) electrons. The van der Waals surface area contributed by atoms with Gasteiger partial charge in [-0.1, -0.05) is 27.5 Å². The molecule has 0 aliphatic heterocycles. The highest BCUT2D eigenvalue weighted by Crippen LogP contribution is 2.24. The Morgan fingerprint density at radius 2 is 2.00 bits per heavy atom. The first-order chi connectivity index (χ1) is 8.97. The first kappa shape index (κ1) is 13.8. The molecule has 2 aromatic carbocycles. The van der Waals surface area contributed by atoms with Crippen molar-refractivity contribution in [2.45, 2.75) is 0 Å². The van der Waals surface area contributed by atoms with Crippen LogP contribution in [0.3, 0.4) is 0 Å². The van der Waals surface area contributed by atoms with E-state index < -0.39 is 11.7 Å². The summed E-state index contributed by atoms with van der Waals surface area (Å²) in [6.45, 7) is 0. The average molecular weight is 345 g/mol. The summed E-state index contributed by atoms with van der Waals surface area (Å²) in [5.74, 6) is -1.26. The minimum atomic E-state index is -0.595. The molecule has 2 aromatic rings. The molecule has 0 fully saturated rings. The lowest BCUT2D eigenvalue weighted by Gasteiger charge is -2.08. The fourth-order valence-electron chi connectivity index (χ4n) is 1.47. The Kier molecular flexibility index (Phi) is 4.07. The van der Waals surface area contributed by atoms with Crippen molar-refractivity contribution in [2.75, 3.05) is 5.32 Å². The summed E-state index contributed by atoms with van der Waals surface area (Å²) >= 11 is 8.97. The van der Waals surface area contributed by atoms with Gasteiger partial charge in [0.1, 0.15) is 11.6 Å². The lowest BCUT2D eigenvalue weighted by atomic mass is 10.2.